The summed E-state index contributed by atoms with van der Waals surface area (Å²) in [5.74, 6) is -1.52. The molecule has 0 bridgehead atoms. The summed E-state index contributed by atoms with van der Waals surface area (Å²) in [6.07, 6.45) is -5.09. The highest BCUT2D eigenvalue weighted by atomic mass is 19.1. The molecule has 4 N–H and O–H groups in total. The molecule has 0 aliphatic carbocycles. The van der Waals surface area contributed by atoms with Crippen LogP contribution in [0.15, 0.2) is 11.0 Å². The van der Waals surface area contributed by atoms with Gasteiger partial charge in [0.05, 0.1) is 12.8 Å². The number of nitrogens with zero attached hydrogens (tertiary/aromatic N) is 1. The van der Waals surface area contributed by atoms with Crippen molar-refractivity contribution in [1.82, 2.24) is 9.97 Å². The quantitative estimate of drug-likeness (QED) is 0.473. The van der Waals surface area contributed by atoms with Crippen LogP contribution in [0.25, 0.3) is 0 Å². The highest BCUT2D eigenvalue weighted by Gasteiger charge is 2.39. The van der Waals surface area contributed by atoms with Crippen molar-refractivity contribution in [2.24, 2.45) is 0 Å². The van der Waals surface area contributed by atoms with Gasteiger partial charge in [0.1, 0.15) is 18.3 Å². The Balaban J connectivity index is 2.14. The van der Waals surface area contributed by atoms with Crippen LogP contribution in [-0.4, -0.2) is 56.5 Å². The lowest BCUT2D eigenvalue weighted by atomic mass is 10.1. The monoisotopic (exact) mass is 262 g/mol. The smallest absolute Gasteiger partial charge is 0.347 e. The number of aliphatic hydroxyl groups excluding tert-OH is 3. The second kappa shape index (κ2) is 4.98. The topological polar surface area (TPSA) is 125 Å². The van der Waals surface area contributed by atoms with E-state index in [0.29, 0.717) is 6.20 Å². The molecule has 1 aliphatic heterocycles. The fourth-order valence-corrected chi connectivity index (χ4v) is 1.45. The van der Waals surface area contributed by atoms with Crippen LogP contribution in [0.2, 0.25) is 0 Å². The summed E-state index contributed by atoms with van der Waals surface area (Å²) in [7, 11) is 0. The standard InChI is InChI=1S/C9H11FN2O6/c10-3-1-11-9(16)12-7(3)18-8-6(15)5(14)4(13)2-17-8/h1,4-6,8,13-15H,2H2,(H,11,12,16)/t4-,5+,6-,8+/m1/s1. The van der Waals surface area contributed by atoms with E-state index in [1.54, 1.807) is 0 Å². The molecule has 4 atom stereocenters. The molecule has 100 valence electrons. The van der Waals surface area contributed by atoms with Crippen LogP contribution in [0.1, 0.15) is 0 Å². The Morgan fingerprint density at radius 2 is 2.17 bits per heavy atom. The van der Waals surface area contributed by atoms with Gasteiger partial charge in [0.25, 0.3) is 0 Å². The molecule has 2 rings (SSSR count). The van der Waals surface area contributed by atoms with Gasteiger partial charge in [-0.15, -0.1) is 0 Å². The van der Waals surface area contributed by atoms with Gasteiger partial charge in [-0.05, 0) is 0 Å². The Hall–Kier alpha value is -1.55. The first-order valence-corrected chi connectivity index (χ1v) is 5.06. The van der Waals surface area contributed by atoms with Gasteiger partial charge in [-0.25, -0.2) is 4.79 Å². The third-order valence-electron chi connectivity index (χ3n) is 2.42. The molecule has 0 spiro atoms. The van der Waals surface area contributed by atoms with Crippen molar-refractivity contribution < 1.29 is 29.2 Å². The zero-order chi connectivity index (χ0) is 13.3. The highest BCUT2D eigenvalue weighted by molar-refractivity contribution is 5.09. The molecule has 9 heteroatoms. The zero-order valence-electron chi connectivity index (χ0n) is 8.99. The van der Waals surface area contributed by atoms with E-state index in [1.165, 1.54) is 0 Å². The number of rotatable bonds is 2. The molecule has 2 heterocycles. The summed E-state index contributed by atoms with van der Waals surface area (Å²) in [4.78, 5) is 16.0. The molecule has 0 amide bonds. The number of nitrogens with one attached hydrogen (secondary N) is 1. The highest BCUT2D eigenvalue weighted by Crippen LogP contribution is 2.19. The summed E-state index contributed by atoms with van der Waals surface area (Å²) < 4.78 is 23.0. The Kier molecular flexibility index (Phi) is 3.57. The van der Waals surface area contributed by atoms with E-state index in [9.17, 15) is 24.5 Å². The number of aliphatic hydroxyl groups is 3. The van der Waals surface area contributed by atoms with Crippen molar-refractivity contribution >= 4 is 0 Å². The number of ether oxygens (including phenoxy) is 2. The first kappa shape index (κ1) is 12.9. The Morgan fingerprint density at radius 1 is 1.44 bits per heavy atom. The van der Waals surface area contributed by atoms with Gasteiger partial charge in [-0.1, -0.05) is 0 Å². The summed E-state index contributed by atoms with van der Waals surface area (Å²) in [6.45, 7) is -0.292. The number of aromatic amines is 1. The largest absolute Gasteiger partial charge is 0.444 e. The number of hydrogen-bond acceptors (Lipinski definition) is 7. The zero-order valence-corrected chi connectivity index (χ0v) is 8.99. The Morgan fingerprint density at radius 3 is 2.89 bits per heavy atom. The van der Waals surface area contributed by atoms with Crippen molar-refractivity contribution in [1.29, 1.82) is 0 Å². The lowest BCUT2D eigenvalue weighted by Crippen LogP contribution is -2.55. The van der Waals surface area contributed by atoms with Crippen molar-refractivity contribution in [3.05, 3.63) is 22.5 Å². The first-order chi connectivity index (χ1) is 8.49. The van der Waals surface area contributed by atoms with E-state index in [0.717, 1.165) is 0 Å². The molecule has 8 nitrogen and oxygen atoms in total. The third-order valence-corrected chi connectivity index (χ3v) is 2.42. The minimum Gasteiger partial charge on any atom is -0.444 e. The molecule has 1 saturated heterocycles. The van der Waals surface area contributed by atoms with E-state index >= 15 is 0 Å². The van der Waals surface area contributed by atoms with Crippen LogP contribution >= 0.6 is 0 Å². The lowest BCUT2D eigenvalue weighted by molar-refractivity contribution is -0.243. The number of H-pyrrole nitrogens is 1. The predicted octanol–water partition coefficient (Wildman–Crippen LogP) is -2.27. The van der Waals surface area contributed by atoms with Crippen molar-refractivity contribution in [2.75, 3.05) is 6.61 Å². The second-order valence-corrected chi connectivity index (χ2v) is 3.73. The maximum atomic E-state index is 13.2. The molecule has 1 aromatic heterocycles. The van der Waals surface area contributed by atoms with E-state index in [-0.39, 0.29) is 6.61 Å². The van der Waals surface area contributed by atoms with Crippen molar-refractivity contribution in [3.8, 4) is 5.88 Å². The molecule has 0 radical (unpaired) electrons. The fourth-order valence-electron chi connectivity index (χ4n) is 1.45. The van der Waals surface area contributed by atoms with E-state index in [4.69, 9.17) is 9.47 Å². The van der Waals surface area contributed by atoms with Crippen LogP contribution in [-0.2, 0) is 4.74 Å². The molecular formula is C9H11FN2O6. The van der Waals surface area contributed by atoms with Gasteiger partial charge >= 0.3 is 5.69 Å². The van der Waals surface area contributed by atoms with Crippen LogP contribution < -0.4 is 10.4 Å². The van der Waals surface area contributed by atoms with E-state index in [1.807, 2.05) is 4.98 Å². The second-order valence-electron chi connectivity index (χ2n) is 3.73. The minimum absolute atomic E-state index is 0.292. The number of aromatic nitrogens is 2. The van der Waals surface area contributed by atoms with Crippen LogP contribution in [0.5, 0.6) is 5.88 Å². The average Bonchev–Trinajstić information content (AvgIpc) is 2.34. The third kappa shape index (κ3) is 2.48. The summed E-state index contributed by atoms with van der Waals surface area (Å²) in [6, 6.07) is 0. The lowest BCUT2D eigenvalue weighted by Gasteiger charge is -2.34. The Labute approximate surface area is 99.6 Å². The van der Waals surface area contributed by atoms with E-state index < -0.39 is 42.0 Å². The van der Waals surface area contributed by atoms with E-state index in [2.05, 4.69) is 4.98 Å². The Bertz CT molecular complexity index is 480. The fraction of sp³-hybridized carbons (Fsp3) is 0.556. The van der Waals surface area contributed by atoms with Crippen LogP contribution in [0.4, 0.5) is 4.39 Å². The van der Waals surface area contributed by atoms with Crippen LogP contribution in [0.3, 0.4) is 0 Å². The minimum atomic E-state index is -1.58. The SMILES string of the molecule is O=c1ncc(F)c(O[C@@H]2OC[C@@H](O)[C@H](O)[C@H]2O)[nH]1. The molecule has 18 heavy (non-hydrogen) atoms. The predicted molar refractivity (Wildman–Crippen MR) is 53.2 cm³/mol. The number of halogens is 1. The van der Waals surface area contributed by atoms with Gasteiger partial charge in [-0.3, -0.25) is 4.98 Å². The maximum absolute atomic E-state index is 13.2. The summed E-state index contributed by atoms with van der Waals surface area (Å²) in [5.41, 5.74) is -0.836. The van der Waals surface area contributed by atoms with Gasteiger partial charge in [0.2, 0.25) is 18.0 Å². The van der Waals surface area contributed by atoms with Crippen LogP contribution in [0, 0.1) is 5.82 Å². The first-order valence-electron chi connectivity index (χ1n) is 5.06. The van der Waals surface area contributed by atoms with Crippen molar-refractivity contribution in [2.45, 2.75) is 24.6 Å². The van der Waals surface area contributed by atoms with Gasteiger partial charge in [0, 0.05) is 0 Å². The summed E-state index contributed by atoms with van der Waals surface area (Å²) >= 11 is 0. The van der Waals surface area contributed by atoms with Gasteiger partial charge < -0.3 is 24.8 Å². The maximum Gasteiger partial charge on any atom is 0.347 e. The summed E-state index contributed by atoms with van der Waals surface area (Å²) in [5, 5.41) is 28.1. The van der Waals surface area contributed by atoms with Gasteiger partial charge in [0.15, 0.2) is 0 Å². The van der Waals surface area contributed by atoms with Crippen molar-refractivity contribution in [3.63, 3.8) is 0 Å². The molecule has 0 saturated carbocycles. The molecule has 1 fully saturated rings. The average molecular weight is 262 g/mol. The molecular weight excluding hydrogens is 251 g/mol. The molecule has 1 aromatic rings. The van der Waals surface area contributed by atoms with Gasteiger partial charge in [-0.2, -0.15) is 9.37 Å². The molecule has 0 unspecified atom stereocenters. The molecule has 1 aliphatic rings. The number of hydrogen-bond donors (Lipinski definition) is 4. The normalized spacial score (nSPS) is 32.2. The molecule has 0 aromatic carbocycles.